The lowest BCUT2D eigenvalue weighted by atomic mass is 10.1. The first-order valence-corrected chi connectivity index (χ1v) is 6.06. The number of benzene rings is 1. The third kappa shape index (κ3) is 3.10. The van der Waals surface area contributed by atoms with Gasteiger partial charge in [-0.2, -0.15) is 13.2 Å². The second kappa shape index (κ2) is 5.15. The minimum atomic E-state index is -4.39. The van der Waals surface area contributed by atoms with E-state index in [1.807, 2.05) is 26.0 Å². The monoisotopic (exact) mass is 281 g/mol. The summed E-state index contributed by atoms with van der Waals surface area (Å²) in [4.78, 5) is 3.75. The van der Waals surface area contributed by atoms with Crippen LogP contribution in [-0.2, 0) is 6.18 Å². The van der Waals surface area contributed by atoms with Crippen LogP contribution in [0.4, 0.5) is 13.2 Å². The van der Waals surface area contributed by atoms with Gasteiger partial charge in [0.1, 0.15) is 5.75 Å². The van der Waals surface area contributed by atoms with Crippen molar-refractivity contribution in [3.05, 3.63) is 52.7 Å². The van der Waals surface area contributed by atoms with E-state index in [0.29, 0.717) is 11.3 Å². The largest absolute Gasteiger partial charge is 0.439 e. The minimum absolute atomic E-state index is 0.182. The maximum Gasteiger partial charge on any atom is 0.417 e. The third-order valence-electron chi connectivity index (χ3n) is 3.05. The highest BCUT2D eigenvalue weighted by molar-refractivity contribution is 5.38. The fourth-order valence-corrected chi connectivity index (χ4v) is 1.71. The van der Waals surface area contributed by atoms with Crippen LogP contribution in [0.2, 0.25) is 0 Å². The van der Waals surface area contributed by atoms with E-state index in [1.165, 1.54) is 0 Å². The number of aromatic nitrogens is 1. The van der Waals surface area contributed by atoms with Crippen molar-refractivity contribution >= 4 is 0 Å². The van der Waals surface area contributed by atoms with E-state index in [2.05, 4.69) is 4.98 Å². The molecule has 0 unspecified atom stereocenters. The minimum Gasteiger partial charge on any atom is -0.439 e. The number of aryl methyl sites for hydroxylation is 3. The molecule has 0 aliphatic rings. The SMILES string of the molecule is Cc1ccc(Oc2ncc(C(F)(F)F)cc2C)cc1C. The van der Waals surface area contributed by atoms with Gasteiger partial charge in [0, 0.05) is 11.8 Å². The molecule has 0 saturated carbocycles. The van der Waals surface area contributed by atoms with Crippen LogP contribution in [0.15, 0.2) is 30.5 Å². The molecule has 0 fully saturated rings. The number of pyridine rings is 1. The molecule has 0 aliphatic carbocycles. The Bertz CT molecular complexity index is 636. The normalized spacial score (nSPS) is 11.5. The lowest BCUT2D eigenvalue weighted by Gasteiger charge is -2.11. The second-order valence-corrected chi connectivity index (χ2v) is 4.69. The van der Waals surface area contributed by atoms with Gasteiger partial charge in [-0.25, -0.2) is 4.98 Å². The first kappa shape index (κ1) is 14.4. The quantitative estimate of drug-likeness (QED) is 0.787. The van der Waals surface area contributed by atoms with E-state index in [1.54, 1.807) is 13.0 Å². The Kier molecular flexibility index (Phi) is 3.70. The lowest BCUT2D eigenvalue weighted by molar-refractivity contribution is -0.137. The maximum absolute atomic E-state index is 12.5. The summed E-state index contributed by atoms with van der Waals surface area (Å²) in [6, 6.07) is 6.52. The van der Waals surface area contributed by atoms with E-state index in [-0.39, 0.29) is 5.88 Å². The zero-order valence-corrected chi connectivity index (χ0v) is 11.4. The Labute approximate surface area is 115 Å². The third-order valence-corrected chi connectivity index (χ3v) is 3.05. The molecule has 0 bridgehead atoms. The molecule has 1 aromatic heterocycles. The molecule has 2 rings (SSSR count). The van der Waals surface area contributed by atoms with Gasteiger partial charge < -0.3 is 4.74 Å². The van der Waals surface area contributed by atoms with Gasteiger partial charge in [-0.15, -0.1) is 0 Å². The average molecular weight is 281 g/mol. The Balaban J connectivity index is 2.28. The highest BCUT2D eigenvalue weighted by Crippen LogP contribution is 2.32. The summed E-state index contributed by atoms with van der Waals surface area (Å²) in [5, 5.41) is 0. The molecule has 0 spiro atoms. The number of halogens is 3. The van der Waals surface area contributed by atoms with E-state index in [4.69, 9.17) is 4.74 Å². The molecular weight excluding hydrogens is 267 g/mol. The van der Waals surface area contributed by atoms with Crippen molar-refractivity contribution in [1.29, 1.82) is 0 Å². The lowest BCUT2D eigenvalue weighted by Crippen LogP contribution is -2.06. The molecule has 2 aromatic rings. The standard InChI is InChI=1S/C15H14F3NO/c1-9-4-5-13(7-10(9)2)20-14-11(3)6-12(8-19-14)15(16,17)18/h4-8H,1-3H3. The van der Waals surface area contributed by atoms with Gasteiger partial charge in [0.25, 0.3) is 0 Å². The number of rotatable bonds is 2. The predicted octanol–water partition coefficient (Wildman–Crippen LogP) is 4.82. The first-order valence-electron chi connectivity index (χ1n) is 6.06. The van der Waals surface area contributed by atoms with Gasteiger partial charge in [-0.3, -0.25) is 0 Å². The Morgan fingerprint density at radius 2 is 1.65 bits per heavy atom. The Hall–Kier alpha value is -2.04. The van der Waals surface area contributed by atoms with E-state index in [9.17, 15) is 13.2 Å². The zero-order valence-electron chi connectivity index (χ0n) is 11.4. The van der Waals surface area contributed by atoms with Crippen LogP contribution in [0, 0.1) is 20.8 Å². The number of hydrogen-bond donors (Lipinski definition) is 0. The molecule has 0 radical (unpaired) electrons. The van der Waals surface area contributed by atoms with Crippen LogP contribution in [-0.4, -0.2) is 4.98 Å². The molecule has 0 amide bonds. The number of ether oxygens (including phenoxy) is 1. The fourth-order valence-electron chi connectivity index (χ4n) is 1.71. The molecule has 0 N–H and O–H groups in total. The summed E-state index contributed by atoms with van der Waals surface area (Å²) < 4.78 is 43.2. The van der Waals surface area contributed by atoms with Crippen LogP contribution in [0.5, 0.6) is 11.6 Å². The summed E-state index contributed by atoms with van der Waals surface area (Å²) in [5.41, 5.74) is 1.74. The van der Waals surface area contributed by atoms with Gasteiger partial charge in [-0.05, 0) is 50.1 Å². The van der Waals surface area contributed by atoms with Crippen LogP contribution in [0.25, 0.3) is 0 Å². The van der Waals surface area contributed by atoms with Gasteiger partial charge in [0.15, 0.2) is 0 Å². The summed E-state index contributed by atoms with van der Waals surface area (Å²) in [7, 11) is 0. The van der Waals surface area contributed by atoms with E-state index >= 15 is 0 Å². The van der Waals surface area contributed by atoms with Crippen LogP contribution < -0.4 is 4.74 Å². The second-order valence-electron chi connectivity index (χ2n) is 4.69. The average Bonchev–Trinajstić information content (AvgIpc) is 2.35. The first-order chi connectivity index (χ1) is 9.27. The summed E-state index contributed by atoms with van der Waals surface area (Å²) in [5.74, 6) is 0.740. The summed E-state index contributed by atoms with van der Waals surface area (Å²) in [6.45, 7) is 5.45. The van der Waals surface area contributed by atoms with Crippen molar-refractivity contribution < 1.29 is 17.9 Å². The molecule has 20 heavy (non-hydrogen) atoms. The van der Waals surface area contributed by atoms with Crippen molar-refractivity contribution in [3.63, 3.8) is 0 Å². The predicted molar refractivity (Wildman–Crippen MR) is 70.0 cm³/mol. The Morgan fingerprint density at radius 1 is 0.950 bits per heavy atom. The number of alkyl halides is 3. The van der Waals surface area contributed by atoms with Crippen molar-refractivity contribution in [2.75, 3.05) is 0 Å². The Morgan fingerprint density at radius 3 is 2.20 bits per heavy atom. The van der Waals surface area contributed by atoms with Gasteiger partial charge in [0.2, 0.25) is 5.88 Å². The van der Waals surface area contributed by atoms with E-state index in [0.717, 1.165) is 23.4 Å². The fraction of sp³-hybridized carbons (Fsp3) is 0.267. The van der Waals surface area contributed by atoms with Gasteiger partial charge in [-0.1, -0.05) is 6.07 Å². The zero-order chi connectivity index (χ0) is 14.9. The molecule has 2 nitrogen and oxygen atoms in total. The van der Waals surface area contributed by atoms with Crippen molar-refractivity contribution in [1.82, 2.24) is 4.98 Å². The topological polar surface area (TPSA) is 22.1 Å². The van der Waals surface area contributed by atoms with Gasteiger partial charge >= 0.3 is 6.18 Å². The summed E-state index contributed by atoms with van der Waals surface area (Å²) >= 11 is 0. The smallest absolute Gasteiger partial charge is 0.417 e. The number of hydrogen-bond acceptors (Lipinski definition) is 2. The van der Waals surface area contributed by atoms with Crippen molar-refractivity contribution in [2.45, 2.75) is 26.9 Å². The molecule has 0 atom stereocenters. The molecular formula is C15H14F3NO. The maximum atomic E-state index is 12.5. The highest BCUT2D eigenvalue weighted by atomic mass is 19.4. The van der Waals surface area contributed by atoms with Crippen molar-refractivity contribution in [2.24, 2.45) is 0 Å². The highest BCUT2D eigenvalue weighted by Gasteiger charge is 2.31. The molecule has 5 heteroatoms. The van der Waals surface area contributed by atoms with Crippen molar-refractivity contribution in [3.8, 4) is 11.6 Å². The van der Waals surface area contributed by atoms with E-state index < -0.39 is 11.7 Å². The molecule has 106 valence electrons. The number of nitrogens with zero attached hydrogens (tertiary/aromatic N) is 1. The van der Waals surface area contributed by atoms with Gasteiger partial charge in [0.05, 0.1) is 5.56 Å². The molecule has 0 aliphatic heterocycles. The molecule has 0 saturated heterocycles. The summed E-state index contributed by atoms with van der Waals surface area (Å²) in [6.07, 6.45) is -3.61. The van der Waals surface area contributed by atoms with Crippen LogP contribution >= 0.6 is 0 Å². The van der Waals surface area contributed by atoms with Crippen LogP contribution in [0.3, 0.4) is 0 Å². The molecule has 1 heterocycles. The van der Waals surface area contributed by atoms with Crippen LogP contribution in [0.1, 0.15) is 22.3 Å². The molecule has 1 aromatic carbocycles.